The Bertz CT molecular complexity index is 611. The zero-order valence-electron chi connectivity index (χ0n) is 14.9. The predicted octanol–water partition coefficient (Wildman–Crippen LogP) is 4.62. The van der Waals surface area contributed by atoms with Gasteiger partial charge in [-0.3, -0.25) is 0 Å². The van der Waals surface area contributed by atoms with Gasteiger partial charge in [-0.15, -0.1) is 0 Å². The first-order chi connectivity index (χ1) is 10.8. The van der Waals surface area contributed by atoms with Crippen LogP contribution in [0.1, 0.15) is 52.9 Å². The van der Waals surface area contributed by atoms with Crippen LogP contribution in [0.4, 0.5) is 0 Å². The van der Waals surface area contributed by atoms with Crippen molar-refractivity contribution in [1.82, 2.24) is 0 Å². The van der Waals surface area contributed by atoms with Crippen LogP contribution in [0.15, 0.2) is 35.6 Å². The minimum Gasteiger partial charge on any atom is -0.501 e. The van der Waals surface area contributed by atoms with Crippen LogP contribution >= 0.6 is 0 Å². The van der Waals surface area contributed by atoms with Gasteiger partial charge in [-0.1, -0.05) is 32.1 Å². The van der Waals surface area contributed by atoms with Crippen LogP contribution in [0.25, 0.3) is 0 Å². The Balaban J connectivity index is 1.71. The van der Waals surface area contributed by atoms with Gasteiger partial charge in [0.05, 0.1) is 18.5 Å². The molecule has 0 spiro atoms. The lowest BCUT2D eigenvalue weighted by molar-refractivity contribution is -0.0991. The molecule has 1 saturated carbocycles. The molecule has 0 aromatic heterocycles. The zero-order valence-corrected chi connectivity index (χ0v) is 14.9. The number of aliphatic hydroxyl groups is 1. The Kier molecular flexibility index (Phi) is 3.20. The van der Waals surface area contributed by atoms with Crippen LogP contribution in [0.3, 0.4) is 0 Å². The van der Waals surface area contributed by atoms with Gasteiger partial charge in [-0.2, -0.15) is 0 Å². The van der Waals surface area contributed by atoms with Gasteiger partial charge in [0.25, 0.3) is 0 Å². The molecule has 2 heteroatoms. The summed E-state index contributed by atoms with van der Waals surface area (Å²) in [6.45, 7) is 6.78. The quantitative estimate of drug-likeness (QED) is 0.716. The number of allylic oxidation sites excluding steroid dienone is 5. The monoisotopic (exact) mass is 314 g/mol. The summed E-state index contributed by atoms with van der Waals surface area (Å²) in [5.74, 6) is 3.05. The van der Waals surface area contributed by atoms with Gasteiger partial charge < -0.3 is 9.84 Å². The molecule has 0 radical (unpaired) electrons. The third kappa shape index (κ3) is 1.91. The van der Waals surface area contributed by atoms with E-state index in [-0.39, 0.29) is 10.8 Å². The van der Waals surface area contributed by atoms with E-state index in [1.54, 1.807) is 7.11 Å². The van der Waals surface area contributed by atoms with Crippen molar-refractivity contribution in [1.29, 1.82) is 0 Å². The Morgan fingerprint density at radius 1 is 1.22 bits per heavy atom. The van der Waals surface area contributed by atoms with Crippen molar-refractivity contribution in [3.8, 4) is 0 Å². The minimum atomic E-state index is -0.650. The van der Waals surface area contributed by atoms with Gasteiger partial charge in [0.1, 0.15) is 0 Å². The van der Waals surface area contributed by atoms with E-state index in [2.05, 4.69) is 38.2 Å². The molecule has 1 fully saturated rings. The molecule has 0 bridgehead atoms. The van der Waals surface area contributed by atoms with Crippen molar-refractivity contribution in [2.45, 2.75) is 58.5 Å². The highest BCUT2D eigenvalue weighted by Gasteiger charge is 2.59. The average molecular weight is 314 g/mol. The Hall–Kier alpha value is -1.02. The summed E-state index contributed by atoms with van der Waals surface area (Å²) < 4.78 is 5.51. The lowest BCUT2D eigenvalue weighted by Crippen LogP contribution is -2.53. The predicted molar refractivity (Wildman–Crippen MR) is 92.7 cm³/mol. The Morgan fingerprint density at radius 2 is 2.00 bits per heavy atom. The summed E-state index contributed by atoms with van der Waals surface area (Å²) in [4.78, 5) is 0. The molecule has 1 N–H and O–H groups in total. The van der Waals surface area contributed by atoms with E-state index >= 15 is 0 Å². The Morgan fingerprint density at radius 3 is 2.74 bits per heavy atom. The summed E-state index contributed by atoms with van der Waals surface area (Å²) in [5.41, 5.74) is 1.15. The fraction of sp³-hybridized carbons (Fsp3) is 0.714. The molecule has 0 unspecified atom stereocenters. The fourth-order valence-corrected chi connectivity index (χ4v) is 6.14. The van der Waals surface area contributed by atoms with E-state index in [0.29, 0.717) is 11.8 Å². The molecule has 6 atom stereocenters. The van der Waals surface area contributed by atoms with Gasteiger partial charge >= 0.3 is 0 Å². The smallest absolute Gasteiger partial charge is 0.0958 e. The number of rotatable bonds is 1. The van der Waals surface area contributed by atoms with Crippen molar-refractivity contribution in [2.75, 3.05) is 7.11 Å². The molecule has 0 aromatic carbocycles. The maximum atomic E-state index is 10.9. The topological polar surface area (TPSA) is 29.5 Å². The van der Waals surface area contributed by atoms with Gasteiger partial charge in [-0.25, -0.2) is 0 Å². The number of methoxy groups -OCH3 is 1. The first kappa shape index (κ1) is 15.5. The zero-order chi connectivity index (χ0) is 16.5. The van der Waals surface area contributed by atoms with Gasteiger partial charge in [0.2, 0.25) is 0 Å². The van der Waals surface area contributed by atoms with Crippen molar-refractivity contribution in [3.63, 3.8) is 0 Å². The van der Waals surface area contributed by atoms with Gasteiger partial charge in [-0.05, 0) is 67.4 Å². The molecule has 126 valence electrons. The van der Waals surface area contributed by atoms with Gasteiger partial charge in [0, 0.05) is 11.8 Å². The minimum absolute atomic E-state index is 0.0120. The van der Waals surface area contributed by atoms with Crippen molar-refractivity contribution < 1.29 is 9.84 Å². The normalized spacial score (nSPS) is 51.3. The molecule has 2 nitrogen and oxygen atoms in total. The molecule has 0 heterocycles. The molecule has 0 amide bonds. The maximum absolute atomic E-state index is 10.9. The molecular weight excluding hydrogens is 284 g/mol. The van der Waals surface area contributed by atoms with Crippen LogP contribution in [0, 0.1) is 28.6 Å². The summed E-state index contributed by atoms with van der Waals surface area (Å²) in [6.07, 6.45) is 14.9. The van der Waals surface area contributed by atoms with E-state index in [0.717, 1.165) is 30.9 Å². The van der Waals surface area contributed by atoms with Crippen molar-refractivity contribution in [2.24, 2.45) is 28.6 Å². The summed E-state index contributed by atoms with van der Waals surface area (Å²) in [5, 5.41) is 10.9. The van der Waals surface area contributed by atoms with Crippen LogP contribution in [-0.4, -0.2) is 17.8 Å². The third-order valence-corrected chi connectivity index (χ3v) is 8.03. The first-order valence-electron chi connectivity index (χ1n) is 9.19. The molecule has 0 aromatic rings. The van der Waals surface area contributed by atoms with E-state index in [9.17, 15) is 5.11 Å². The Labute approximate surface area is 140 Å². The van der Waals surface area contributed by atoms with E-state index in [1.807, 2.05) is 6.92 Å². The highest BCUT2D eigenvalue weighted by molar-refractivity contribution is 5.37. The molecule has 4 aliphatic rings. The molecular formula is C21H30O2. The molecule has 23 heavy (non-hydrogen) atoms. The average Bonchev–Trinajstić information content (AvgIpc) is 2.77. The summed E-state index contributed by atoms with van der Waals surface area (Å²) in [7, 11) is 1.79. The summed E-state index contributed by atoms with van der Waals surface area (Å²) >= 11 is 0. The van der Waals surface area contributed by atoms with Crippen LogP contribution in [0.5, 0.6) is 0 Å². The fourth-order valence-electron chi connectivity index (χ4n) is 6.14. The van der Waals surface area contributed by atoms with E-state index in [4.69, 9.17) is 4.74 Å². The second-order valence-electron chi connectivity index (χ2n) is 8.89. The van der Waals surface area contributed by atoms with E-state index in [1.165, 1.54) is 18.4 Å². The third-order valence-electron chi connectivity index (χ3n) is 8.03. The standard InChI is InChI=1S/C21H30O2/c1-19-10-7-15(23-4)13-14(19)5-6-16-17(19)8-11-20(2)18(16)9-12-21(20,3)22/h5,9,12-13,16-18,22H,6-8,10-11H2,1-4H3/t16-,17+,18+,19+,20+,21+/m1/s1. The number of fused-ring (bicyclic) bond motifs is 5. The number of ether oxygens (including phenoxy) is 1. The SMILES string of the molecule is COC1=CC2=CC[C@@H]3[C@H](CC[C@@]4(C)[C@H]3C=C[C@]4(C)O)[C@@]2(C)CC1. The number of hydrogen-bond acceptors (Lipinski definition) is 2. The lowest BCUT2D eigenvalue weighted by Gasteiger charge is -2.57. The van der Waals surface area contributed by atoms with Crippen LogP contribution in [0.2, 0.25) is 0 Å². The summed E-state index contributed by atoms with van der Waals surface area (Å²) in [6, 6.07) is 0. The van der Waals surface area contributed by atoms with Crippen LogP contribution < -0.4 is 0 Å². The molecule has 0 saturated heterocycles. The van der Waals surface area contributed by atoms with Crippen molar-refractivity contribution in [3.05, 3.63) is 35.6 Å². The number of hydrogen-bond donors (Lipinski definition) is 1. The molecule has 0 aliphatic heterocycles. The second kappa shape index (κ2) is 4.75. The highest BCUT2D eigenvalue weighted by atomic mass is 16.5. The highest BCUT2D eigenvalue weighted by Crippen LogP contribution is 2.64. The molecule has 4 aliphatic carbocycles. The first-order valence-corrected chi connectivity index (χ1v) is 9.19. The van der Waals surface area contributed by atoms with Gasteiger partial charge in [0.15, 0.2) is 0 Å². The largest absolute Gasteiger partial charge is 0.501 e. The van der Waals surface area contributed by atoms with E-state index < -0.39 is 5.60 Å². The second-order valence-corrected chi connectivity index (χ2v) is 8.89. The maximum Gasteiger partial charge on any atom is 0.0958 e. The lowest BCUT2D eigenvalue weighted by atomic mass is 9.47. The molecule has 4 rings (SSSR count). The van der Waals surface area contributed by atoms with Crippen molar-refractivity contribution >= 4 is 0 Å². The van der Waals surface area contributed by atoms with Crippen LogP contribution in [-0.2, 0) is 4.74 Å².